The predicted octanol–water partition coefficient (Wildman–Crippen LogP) is 2.07. The van der Waals surface area contributed by atoms with Gasteiger partial charge in [-0.05, 0) is 29.3 Å². The quantitative estimate of drug-likeness (QED) is 0.551. The first-order valence-electron chi connectivity index (χ1n) is 9.09. The van der Waals surface area contributed by atoms with E-state index in [2.05, 4.69) is 4.99 Å². The van der Waals surface area contributed by atoms with Gasteiger partial charge in [0.2, 0.25) is 11.5 Å². The van der Waals surface area contributed by atoms with Crippen LogP contribution in [0.1, 0.15) is 33.1 Å². The van der Waals surface area contributed by atoms with Gasteiger partial charge in [-0.1, -0.05) is 30.3 Å². The second kappa shape index (κ2) is 6.59. The number of carbonyl (C=O) groups excluding carboxylic acids is 1. The van der Waals surface area contributed by atoms with Gasteiger partial charge in [0.05, 0.1) is 4.90 Å². The zero-order valence-corrected chi connectivity index (χ0v) is 17.5. The molecule has 2 aromatic rings. The lowest BCUT2D eigenvalue weighted by atomic mass is 9.86. The van der Waals surface area contributed by atoms with Crippen LogP contribution in [0.25, 0.3) is 6.08 Å². The summed E-state index contributed by atoms with van der Waals surface area (Å²) in [5, 5.41) is 10.4. The van der Waals surface area contributed by atoms with Crippen molar-refractivity contribution in [3.63, 3.8) is 0 Å². The van der Waals surface area contributed by atoms with Gasteiger partial charge >= 0.3 is 0 Å². The van der Waals surface area contributed by atoms with E-state index in [1.165, 1.54) is 12.1 Å². The van der Waals surface area contributed by atoms with Crippen molar-refractivity contribution in [2.75, 3.05) is 0 Å². The maximum Gasteiger partial charge on any atom is 0.294 e. The highest BCUT2D eigenvalue weighted by atomic mass is 32.2. The molecular formula is C20H13NO9S2. The van der Waals surface area contributed by atoms with E-state index in [9.17, 15) is 35.8 Å². The lowest BCUT2D eigenvalue weighted by Crippen LogP contribution is -2.38. The smallest absolute Gasteiger partial charge is 0.294 e. The summed E-state index contributed by atoms with van der Waals surface area (Å²) < 4.78 is 72.0. The molecule has 10 nitrogen and oxygen atoms in total. The number of aliphatic imine (C=N–C) groups is 1. The van der Waals surface area contributed by atoms with E-state index < -0.39 is 53.7 Å². The Morgan fingerprint density at radius 3 is 2.28 bits per heavy atom. The standard InChI is InChI=1S/C20H13NO9S2/c22-17-13-4-2-1-3-12(13)16-20(18(17)23)30-19-14(32(27,28)29)8-9-7-10(31(24,25)26)5-6-11(9)15(19)21-16/h1-8,15,19,23H,(H,24,25,26)(H,27,28,29). The van der Waals surface area contributed by atoms with Crippen molar-refractivity contribution in [3.05, 3.63) is 81.1 Å². The van der Waals surface area contributed by atoms with Crippen molar-refractivity contribution in [3.8, 4) is 0 Å². The molecule has 1 heterocycles. The van der Waals surface area contributed by atoms with E-state index in [0.717, 1.165) is 18.2 Å². The van der Waals surface area contributed by atoms with Crippen molar-refractivity contribution < 1.29 is 40.6 Å². The molecule has 0 radical (unpaired) electrons. The maximum atomic E-state index is 12.5. The summed E-state index contributed by atoms with van der Waals surface area (Å²) in [4.78, 5) is 16.0. The number of Topliss-reactive ketones (excluding diaryl/α,β-unsaturated/α-hetero) is 1. The molecular weight excluding hydrogens is 462 g/mol. The fourth-order valence-electron chi connectivity index (χ4n) is 4.00. The van der Waals surface area contributed by atoms with Crippen LogP contribution in [0.5, 0.6) is 0 Å². The van der Waals surface area contributed by atoms with E-state index in [1.54, 1.807) is 18.2 Å². The number of nitrogens with zero attached hydrogens (tertiary/aromatic N) is 1. The summed E-state index contributed by atoms with van der Waals surface area (Å²) in [7, 11) is -9.43. The third-order valence-electron chi connectivity index (χ3n) is 5.42. The fraction of sp³-hybridized carbons (Fsp3) is 0.100. The fourth-order valence-corrected chi connectivity index (χ4v) is 5.26. The molecule has 2 aromatic carbocycles. The number of rotatable bonds is 2. The first-order valence-corrected chi connectivity index (χ1v) is 12.0. The van der Waals surface area contributed by atoms with Crippen LogP contribution in [0.3, 0.4) is 0 Å². The van der Waals surface area contributed by atoms with E-state index in [-0.39, 0.29) is 22.6 Å². The molecule has 0 saturated carbocycles. The molecule has 0 saturated heterocycles. The van der Waals surface area contributed by atoms with Crippen LogP contribution in [-0.4, -0.2) is 48.6 Å². The Labute approximate surface area is 181 Å². The predicted molar refractivity (Wildman–Crippen MR) is 110 cm³/mol. The summed E-state index contributed by atoms with van der Waals surface area (Å²) in [5.41, 5.74) is 1.09. The normalized spacial score (nSPS) is 22.0. The Balaban J connectivity index is 1.79. The van der Waals surface area contributed by atoms with Gasteiger partial charge in [-0.2, -0.15) is 16.8 Å². The average molecular weight is 475 g/mol. The van der Waals surface area contributed by atoms with Crippen molar-refractivity contribution in [1.29, 1.82) is 0 Å². The summed E-state index contributed by atoms with van der Waals surface area (Å²) in [6, 6.07) is 8.80. The lowest BCUT2D eigenvalue weighted by Gasteiger charge is -2.37. The van der Waals surface area contributed by atoms with Crippen molar-refractivity contribution in [2.24, 2.45) is 4.99 Å². The Morgan fingerprint density at radius 2 is 1.62 bits per heavy atom. The third kappa shape index (κ3) is 2.99. The third-order valence-corrected chi connectivity index (χ3v) is 7.22. The van der Waals surface area contributed by atoms with Gasteiger partial charge in [0.25, 0.3) is 20.2 Å². The number of hydrogen-bond acceptors (Lipinski definition) is 8. The van der Waals surface area contributed by atoms with Crippen LogP contribution in [0.15, 0.2) is 68.8 Å². The molecule has 2 unspecified atom stereocenters. The van der Waals surface area contributed by atoms with Gasteiger partial charge in [-0.25, -0.2) is 0 Å². The summed E-state index contributed by atoms with van der Waals surface area (Å²) in [5.74, 6) is -1.79. The van der Waals surface area contributed by atoms with Gasteiger partial charge in [0, 0.05) is 11.1 Å². The lowest BCUT2D eigenvalue weighted by molar-refractivity contribution is 0.0897. The van der Waals surface area contributed by atoms with E-state index in [0.29, 0.717) is 11.1 Å². The van der Waals surface area contributed by atoms with E-state index in [1.807, 2.05) is 0 Å². The molecule has 0 fully saturated rings. The molecule has 32 heavy (non-hydrogen) atoms. The molecule has 2 aliphatic carbocycles. The molecule has 0 amide bonds. The van der Waals surface area contributed by atoms with Crippen molar-refractivity contribution in [2.45, 2.75) is 17.0 Å². The SMILES string of the molecule is O=C1C(O)=C2OC3C(S(=O)(=O)O)=Cc4cc(S(=O)(=O)O)ccc4C3N=C2c2ccccc21. The minimum absolute atomic E-state index is 0.0822. The molecule has 0 spiro atoms. The van der Waals surface area contributed by atoms with Gasteiger partial charge in [-0.15, -0.1) is 0 Å². The second-order valence-electron chi connectivity index (χ2n) is 7.30. The number of aliphatic hydroxyl groups is 1. The molecule has 5 rings (SSSR count). The monoisotopic (exact) mass is 475 g/mol. The summed E-state index contributed by atoms with van der Waals surface area (Å²) in [6.07, 6.45) is -0.426. The van der Waals surface area contributed by atoms with Gasteiger partial charge in [0.1, 0.15) is 16.7 Å². The largest absolute Gasteiger partial charge is 0.501 e. The highest BCUT2D eigenvalue weighted by molar-refractivity contribution is 7.90. The van der Waals surface area contributed by atoms with Gasteiger partial charge in [0.15, 0.2) is 11.9 Å². The Kier molecular flexibility index (Phi) is 4.24. The Morgan fingerprint density at radius 1 is 0.938 bits per heavy atom. The topological polar surface area (TPSA) is 168 Å². The van der Waals surface area contributed by atoms with Gasteiger partial charge < -0.3 is 9.84 Å². The van der Waals surface area contributed by atoms with Crippen LogP contribution in [-0.2, 0) is 25.0 Å². The number of hydrogen-bond donors (Lipinski definition) is 3. The number of allylic oxidation sites excluding steroid dienone is 2. The molecule has 164 valence electrons. The molecule has 3 N–H and O–H groups in total. The van der Waals surface area contributed by atoms with Crippen molar-refractivity contribution in [1.82, 2.24) is 0 Å². The van der Waals surface area contributed by atoms with Crippen LogP contribution >= 0.6 is 0 Å². The highest BCUT2D eigenvalue weighted by Crippen LogP contribution is 2.45. The van der Waals surface area contributed by atoms with Crippen LogP contribution in [0.2, 0.25) is 0 Å². The number of ketones is 1. The number of aliphatic hydroxyl groups excluding tert-OH is 1. The number of ether oxygens (including phenoxy) is 1. The number of benzene rings is 2. The maximum absolute atomic E-state index is 12.5. The van der Waals surface area contributed by atoms with Crippen LogP contribution in [0.4, 0.5) is 0 Å². The molecule has 3 aliphatic rings. The van der Waals surface area contributed by atoms with E-state index >= 15 is 0 Å². The molecule has 1 aliphatic heterocycles. The molecule has 0 aromatic heterocycles. The van der Waals surface area contributed by atoms with Gasteiger partial charge in [-0.3, -0.25) is 18.9 Å². The first kappa shape index (κ1) is 20.6. The Bertz CT molecular complexity index is 1530. The molecule has 0 bridgehead atoms. The van der Waals surface area contributed by atoms with Crippen LogP contribution < -0.4 is 0 Å². The second-order valence-corrected chi connectivity index (χ2v) is 10.1. The zero-order chi connectivity index (χ0) is 23.0. The van der Waals surface area contributed by atoms with Crippen LogP contribution in [0, 0.1) is 0 Å². The summed E-state index contributed by atoms with van der Waals surface area (Å²) >= 11 is 0. The Hall–Kier alpha value is -3.32. The minimum Gasteiger partial charge on any atom is -0.501 e. The number of fused-ring (bicyclic) bond motifs is 6. The molecule has 12 heteroatoms. The molecule has 2 atom stereocenters. The minimum atomic E-state index is -4.85. The zero-order valence-electron chi connectivity index (χ0n) is 15.8. The summed E-state index contributed by atoms with van der Waals surface area (Å²) in [6.45, 7) is 0. The average Bonchev–Trinajstić information content (AvgIpc) is 2.74. The van der Waals surface area contributed by atoms with E-state index in [4.69, 9.17) is 4.74 Å². The number of carbonyl (C=O) groups is 1. The first-order chi connectivity index (χ1) is 15.0. The highest BCUT2D eigenvalue weighted by Gasteiger charge is 2.46. The van der Waals surface area contributed by atoms with Crippen molar-refractivity contribution >= 4 is 37.8 Å².